The standard InChI is InChI=1S/C20H30O3/c1-13(10-18(22)23)6-8-19(4)14(2)7-9-20(5)15(3)16(12-21)11-17(19)20/h10,12,14,17H,6-9,11H2,1-5H3,(H,22,23)/b13-10+. The zero-order chi connectivity index (χ0) is 17.4. The monoisotopic (exact) mass is 318 g/mol. The van der Waals surface area contributed by atoms with Crippen molar-refractivity contribution in [2.24, 2.45) is 22.7 Å². The van der Waals surface area contributed by atoms with E-state index in [2.05, 4.69) is 27.7 Å². The average molecular weight is 318 g/mol. The Morgan fingerprint density at radius 1 is 1.39 bits per heavy atom. The lowest BCUT2D eigenvalue weighted by Gasteiger charge is -2.54. The van der Waals surface area contributed by atoms with Gasteiger partial charge in [0.2, 0.25) is 0 Å². The fourth-order valence-corrected chi connectivity index (χ4v) is 5.05. The van der Waals surface area contributed by atoms with Crippen molar-refractivity contribution >= 4 is 12.3 Å². The fourth-order valence-electron chi connectivity index (χ4n) is 5.05. The largest absolute Gasteiger partial charge is 0.478 e. The Bertz CT molecular complexity index is 571. The van der Waals surface area contributed by atoms with Gasteiger partial charge in [-0.15, -0.1) is 0 Å². The van der Waals surface area contributed by atoms with E-state index in [4.69, 9.17) is 5.11 Å². The zero-order valence-electron chi connectivity index (χ0n) is 15.1. The minimum Gasteiger partial charge on any atom is -0.478 e. The maximum atomic E-state index is 11.5. The summed E-state index contributed by atoms with van der Waals surface area (Å²) in [7, 11) is 0. The molecule has 1 N–H and O–H groups in total. The van der Waals surface area contributed by atoms with Crippen LogP contribution in [0.15, 0.2) is 22.8 Å². The molecule has 0 aliphatic heterocycles. The average Bonchev–Trinajstić information content (AvgIpc) is 2.74. The van der Waals surface area contributed by atoms with Gasteiger partial charge in [-0.25, -0.2) is 4.79 Å². The molecule has 2 aliphatic carbocycles. The van der Waals surface area contributed by atoms with E-state index in [-0.39, 0.29) is 10.8 Å². The van der Waals surface area contributed by atoms with Crippen molar-refractivity contribution in [3.63, 3.8) is 0 Å². The number of hydrogen-bond acceptors (Lipinski definition) is 2. The molecule has 0 heterocycles. The lowest BCUT2D eigenvalue weighted by atomic mass is 9.50. The summed E-state index contributed by atoms with van der Waals surface area (Å²) in [5, 5.41) is 8.91. The van der Waals surface area contributed by atoms with Gasteiger partial charge in [0.1, 0.15) is 6.29 Å². The van der Waals surface area contributed by atoms with Crippen LogP contribution in [0.3, 0.4) is 0 Å². The van der Waals surface area contributed by atoms with Gasteiger partial charge in [-0.3, -0.25) is 4.79 Å². The highest BCUT2D eigenvalue weighted by Gasteiger charge is 2.55. The first-order valence-electron chi connectivity index (χ1n) is 8.70. The van der Waals surface area contributed by atoms with Crippen molar-refractivity contribution in [1.29, 1.82) is 0 Å². The minimum atomic E-state index is -0.865. The van der Waals surface area contributed by atoms with Crippen LogP contribution in [-0.4, -0.2) is 17.4 Å². The Kier molecular flexibility index (Phi) is 4.89. The van der Waals surface area contributed by atoms with E-state index in [0.717, 1.165) is 43.1 Å². The number of allylic oxidation sites excluding steroid dienone is 3. The Morgan fingerprint density at radius 3 is 2.61 bits per heavy atom. The minimum absolute atomic E-state index is 0.127. The number of hydrogen-bond donors (Lipinski definition) is 1. The van der Waals surface area contributed by atoms with Gasteiger partial charge in [0.25, 0.3) is 0 Å². The Hall–Kier alpha value is -1.38. The highest BCUT2D eigenvalue weighted by Crippen LogP contribution is 2.64. The molecule has 0 aromatic rings. The molecule has 2 aliphatic rings. The molecule has 0 amide bonds. The first-order valence-corrected chi connectivity index (χ1v) is 8.70. The van der Waals surface area contributed by atoms with Crippen LogP contribution in [0.4, 0.5) is 0 Å². The van der Waals surface area contributed by atoms with E-state index in [9.17, 15) is 9.59 Å². The van der Waals surface area contributed by atoms with Crippen molar-refractivity contribution < 1.29 is 14.7 Å². The maximum Gasteiger partial charge on any atom is 0.328 e. The Morgan fingerprint density at radius 2 is 2.04 bits per heavy atom. The van der Waals surface area contributed by atoms with Crippen LogP contribution in [0.1, 0.15) is 66.7 Å². The van der Waals surface area contributed by atoms with Crippen LogP contribution in [-0.2, 0) is 9.59 Å². The normalized spacial score (nSPS) is 37.7. The van der Waals surface area contributed by atoms with Crippen LogP contribution >= 0.6 is 0 Å². The van der Waals surface area contributed by atoms with E-state index >= 15 is 0 Å². The van der Waals surface area contributed by atoms with Gasteiger partial charge in [0.05, 0.1) is 0 Å². The van der Waals surface area contributed by atoms with Gasteiger partial charge >= 0.3 is 5.97 Å². The number of carbonyl (C=O) groups excluding carboxylic acids is 1. The molecule has 1 fully saturated rings. The predicted octanol–water partition coefficient (Wildman–Crippen LogP) is 4.78. The third kappa shape index (κ3) is 3.02. The molecular formula is C20H30O3. The molecule has 0 saturated heterocycles. The lowest BCUT2D eigenvalue weighted by molar-refractivity contribution is -0.131. The second kappa shape index (κ2) is 6.26. The molecule has 0 bridgehead atoms. The molecule has 2 rings (SSSR count). The summed E-state index contributed by atoms with van der Waals surface area (Å²) in [5.74, 6) is 0.212. The van der Waals surface area contributed by atoms with Crippen molar-refractivity contribution in [1.82, 2.24) is 0 Å². The highest BCUT2D eigenvalue weighted by atomic mass is 16.4. The van der Waals surface area contributed by atoms with Gasteiger partial charge in [0.15, 0.2) is 0 Å². The van der Waals surface area contributed by atoms with Gasteiger partial charge in [-0.05, 0) is 74.2 Å². The molecule has 4 atom stereocenters. The van der Waals surface area contributed by atoms with Gasteiger partial charge in [-0.2, -0.15) is 0 Å². The van der Waals surface area contributed by atoms with E-state index in [0.29, 0.717) is 11.8 Å². The van der Waals surface area contributed by atoms with Crippen LogP contribution < -0.4 is 0 Å². The molecule has 0 radical (unpaired) electrons. The molecule has 3 heteroatoms. The smallest absolute Gasteiger partial charge is 0.328 e. The van der Waals surface area contributed by atoms with Gasteiger partial charge in [-0.1, -0.05) is 31.9 Å². The van der Waals surface area contributed by atoms with Crippen molar-refractivity contribution in [3.05, 3.63) is 22.8 Å². The summed E-state index contributed by atoms with van der Waals surface area (Å²) in [4.78, 5) is 22.3. The molecule has 128 valence electrons. The van der Waals surface area contributed by atoms with Crippen molar-refractivity contribution in [2.75, 3.05) is 0 Å². The van der Waals surface area contributed by atoms with Gasteiger partial charge in [0, 0.05) is 6.08 Å². The van der Waals surface area contributed by atoms with E-state index in [1.165, 1.54) is 18.1 Å². The molecule has 0 aromatic heterocycles. The Balaban J connectivity index is 2.26. The first kappa shape index (κ1) is 18.0. The molecule has 23 heavy (non-hydrogen) atoms. The predicted molar refractivity (Wildman–Crippen MR) is 92.1 cm³/mol. The van der Waals surface area contributed by atoms with Crippen molar-refractivity contribution in [3.8, 4) is 0 Å². The summed E-state index contributed by atoms with van der Waals surface area (Å²) in [6, 6.07) is 0. The summed E-state index contributed by atoms with van der Waals surface area (Å²) < 4.78 is 0. The number of aliphatic carboxylic acids is 1. The number of fused-ring (bicyclic) bond motifs is 1. The van der Waals surface area contributed by atoms with Crippen LogP contribution in [0.25, 0.3) is 0 Å². The quantitative estimate of drug-likeness (QED) is 0.586. The van der Waals surface area contributed by atoms with Crippen LogP contribution in [0, 0.1) is 22.7 Å². The number of carbonyl (C=O) groups is 2. The molecular weight excluding hydrogens is 288 g/mol. The summed E-state index contributed by atoms with van der Waals surface area (Å²) in [6.45, 7) is 11.0. The lowest BCUT2D eigenvalue weighted by Crippen LogP contribution is -2.46. The SMILES string of the molecule is CC1=C(C=O)CC2C1(C)CCC(C)C2(C)CC/C(C)=C/C(=O)O. The number of rotatable bonds is 5. The second-order valence-electron chi connectivity index (χ2n) is 8.22. The molecule has 1 saturated carbocycles. The van der Waals surface area contributed by atoms with Crippen LogP contribution in [0.2, 0.25) is 0 Å². The van der Waals surface area contributed by atoms with Crippen LogP contribution in [0.5, 0.6) is 0 Å². The third-order valence-electron chi connectivity index (χ3n) is 7.12. The molecule has 3 nitrogen and oxygen atoms in total. The van der Waals surface area contributed by atoms with Crippen molar-refractivity contribution in [2.45, 2.75) is 66.7 Å². The Labute approximate surface area is 139 Å². The molecule has 0 aromatic carbocycles. The first-order chi connectivity index (χ1) is 10.6. The maximum absolute atomic E-state index is 11.5. The fraction of sp³-hybridized carbons (Fsp3) is 0.700. The van der Waals surface area contributed by atoms with E-state index < -0.39 is 5.97 Å². The number of carboxylic acid groups (broad SMARTS) is 1. The summed E-state index contributed by atoms with van der Waals surface area (Å²) >= 11 is 0. The zero-order valence-corrected chi connectivity index (χ0v) is 15.1. The topological polar surface area (TPSA) is 54.4 Å². The third-order valence-corrected chi connectivity index (χ3v) is 7.12. The second-order valence-corrected chi connectivity index (χ2v) is 8.22. The molecule has 0 spiro atoms. The molecule has 4 unspecified atom stereocenters. The highest BCUT2D eigenvalue weighted by molar-refractivity contribution is 5.80. The summed E-state index contributed by atoms with van der Waals surface area (Å²) in [5.41, 5.74) is 3.48. The van der Waals surface area contributed by atoms with E-state index in [1.54, 1.807) is 0 Å². The summed E-state index contributed by atoms with van der Waals surface area (Å²) in [6.07, 6.45) is 7.40. The van der Waals surface area contributed by atoms with Gasteiger partial charge < -0.3 is 5.11 Å². The number of aldehydes is 1. The number of carboxylic acids is 1. The van der Waals surface area contributed by atoms with E-state index in [1.807, 2.05) is 6.92 Å².